The molecule has 1 fully saturated rings. The molecule has 18 heavy (non-hydrogen) atoms. The van der Waals surface area contributed by atoms with Gasteiger partial charge in [-0.3, -0.25) is 0 Å². The maximum Gasteiger partial charge on any atom is 0.123 e. The third kappa shape index (κ3) is 3.00. The molecule has 1 unspecified atom stereocenters. The summed E-state index contributed by atoms with van der Waals surface area (Å²) in [6, 6.07) is 5.38. The molecule has 0 saturated carbocycles. The summed E-state index contributed by atoms with van der Waals surface area (Å²) in [7, 11) is 0. The number of ether oxygens (including phenoxy) is 1. The Bertz CT molecular complexity index is 397. The largest absolute Gasteiger partial charge is 0.377 e. The van der Waals surface area contributed by atoms with Crippen molar-refractivity contribution in [2.45, 2.75) is 26.4 Å². The van der Waals surface area contributed by atoms with E-state index in [-0.39, 0.29) is 5.82 Å². The van der Waals surface area contributed by atoms with Crippen molar-refractivity contribution in [2.24, 2.45) is 0 Å². The molecule has 0 bridgehead atoms. The Morgan fingerprint density at radius 1 is 1.50 bits per heavy atom. The number of hydrogen-bond acceptors (Lipinski definition) is 3. The van der Waals surface area contributed by atoms with Crippen molar-refractivity contribution < 1.29 is 9.13 Å². The van der Waals surface area contributed by atoms with Gasteiger partial charge in [0, 0.05) is 24.8 Å². The topological polar surface area (TPSA) is 24.5 Å². The highest BCUT2D eigenvalue weighted by Crippen LogP contribution is 2.25. The minimum Gasteiger partial charge on any atom is -0.377 e. The van der Waals surface area contributed by atoms with Gasteiger partial charge in [-0.2, -0.15) is 0 Å². The van der Waals surface area contributed by atoms with Gasteiger partial charge in [0.15, 0.2) is 0 Å². The monoisotopic (exact) mass is 252 g/mol. The Hall–Kier alpha value is -1.13. The molecule has 0 amide bonds. The number of morpholine rings is 1. The third-order valence-electron chi connectivity index (χ3n) is 3.28. The summed E-state index contributed by atoms with van der Waals surface area (Å²) in [6.45, 7) is 8.12. The van der Waals surface area contributed by atoms with Gasteiger partial charge in [0.05, 0.1) is 13.2 Å². The lowest BCUT2D eigenvalue weighted by atomic mass is 10.1. The van der Waals surface area contributed by atoms with Crippen LogP contribution in [0.1, 0.15) is 19.4 Å². The number of hydrogen-bond donors (Lipinski definition) is 1. The molecule has 0 spiro atoms. The van der Waals surface area contributed by atoms with Gasteiger partial charge in [0.25, 0.3) is 0 Å². The second-order valence-corrected chi connectivity index (χ2v) is 4.67. The van der Waals surface area contributed by atoms with Gasteiger partial charge in [-0.15, -0.1) is 0 Å². The molecular weight excluding hydrogens is 231 g/mol. The number of anilines is 1. The van der Waals surface area contributed by atoms with E-state index in [2.05, 4.69) is 24.1 Å². The molecule has 0 aromatic heterocycles. The van der Waals surface area contributed by atoms with Crippen LogP contribution in [0.4, 0.5) is 10.1 Å². The van der Waals surface area contributed by atoms with Gasteiger partial charge in [0.2, 0.25) is 0 Å². The minimum atomic E-state index is -0.174. The second kappa shape index (κ2) is 6.16. The molecule has 0 aliphatic carbocycles. The van der Waals surface area contributed by atoms with Crippen LogP contribution in [0, 0.1) is 5.82 Å². The SMILES string of the molecule is CCNCc1cc(F)ccc1N1CCOCC1C. The Morgan fingerprint density at radius 2 is 2.33 bits per heavy atom. The molecule has 1 aliphatic heterocycles. The maximum atomic E-state index is 13.4. The van der Waals surface area contributed by atoms with E-state index in [0.29, 0.717) is 12.6 Å². The van der Waals surface area contributed by atoms with E-state index < -0.39 is 0 Å². The average Bonchev–Trinajstić information content (AvgIpc) is 2.37. The fraction of sp³-hybridized carbons (Fsp3) is 0.571. The van der Waals surface area contributed by atoms with E-state index in [1.807, 2.05) is 6.07 Å². The van der Waals surface area contributed by atoms with E-state index in [1.165, 1.54) is 6.07 Å². The first-order valence-corrected chi connectivity index (χ1v) is 6.56. The van der Waals surface area contributed by atoms with Crippen LogP contribution in [0.25, 0.3) is 0 Å². The molecule has 1 aromatic rings. The van der Waals surface area contributed by atoms with Crippen LogP contribution >= 0.6 is 0 Å². The second-order valence-electron chi connectivity index (χ2n) is 4.67. The molecule has 0 radical (unpaired) electrons. The fourth-order valence-corrected chi connectivity index (χ4v) is 2.32. The van der Waals surface area contributed by atoms with Crippen LogP contribution in [0.15, 0.2) is 18.2 Å². The highest BCUT2D eigenvalue weighted by Gasteiger charge is 2.21. The van der Waals surface area contributed by atoms with Crippen LogP contribution < -0.4 is 10.2 Å². The van der Waals surface area contributed by atoms with Crippen molar-refractivity contribution in [3.05, 3.63) is 29.6 Å². The van der Waals surface area contributed by atoms with Crippen molar-refractivity contribution >= 4 is 5.69 Å². The first-order valence-electron chi connectivity index (χ1n) is 6.56. The molecule has 1 N–H and O–H groups in total. The van der Waals surface area contributed by atoms with Crippen molar-refractivity contribution in [3.63, 3.8) is 0 Å². The highest BCUT2D eigenvalue weighted by atomic mass is 19.1. The quantitative estimate of drug-likeness (QED) is 0.888. The number of nitrogens with one attached hydrogen (secondary N) is 1. The zero-order chi connectivity index (χ0) is 13.0. The molecule has 1 saturated heterocycles. The van der Waals surface area contributed by atoms with Gasteiger partial charge in [-0.1, -0.05) is 6.92 Å². The molecule has 1 atom stereocenters. The lowest BCUT2D eigenvalue weighted by Crippen LogP contribution is -2.44. The van der Waals surface area contributed by atoms with E-state index in [1.54, 1.807) is 6.07 Å². The standard InChI is InChI=1S/C14H21FN2O/c1-3-16-9-12-8-13(15)4-5-14(12)17-6-7-18-10-11(17)2/h4-5,8,11,16H,3,6-7,9-10H2,1-2H3. The number of nitrogens with zero attached hydrogens (tertiary/aromatic N) is 1. The van der Waals surface area contributed by atoms with Gasteiger partial charge in [0.1, 0.15) is 5.82 Å². The zero-order valence-corrected chi connectivity index (χ0v) is 11.1. The molecule has 3 nitrogen and oxygen atoms in total. The molecule has 2 rings (SSSR count). The van der Waals surface area contributed by atoms with Crippen molar-refractivity contribution in [3.8, 4) is 0 Å². The lowest BCUT2D eigenvalue weighted by molar-refractivity contribution is 0.0988. The summed E-state index contributed by atoms with van der Waals surface area (Å²) in [4.78, 5) is 2.30. The highest BCUT2D eigenvalue weighted by molar-refractivity contribution is 5.55. The van der Waals surface area contributed by atoms with Crippen molar-refractivity contribution in [1.29, 1.82) is 0 Å². The molecule has 1 aromatic carbocycles. The van der Waals surface area contributed by atoms with Crippen LogP contribution in [0.5, 0.6) is 0 Å². The normalized spacial score (nSPS) is 20.2. The van der Waals surface area contributed by atoms with Gasteiger partial charge < -0.3 is 15.0 Å². The molecule has 1 heterocycles. The van der Waals surface area contributed by atoms with E-state index in [4.69, 9.17) is 4.74 Å². The van der Waals surface area contributed by atoms with Crippen LogP contribution in [0.2, 0.25) is 0 Å². The fourth-order valence-electron chi connectivity index (χ4n) is 2.32. The predicted molar refractivity (Wildman–Crippen MR) is 71.4 cm³/mol. The van der Waals surface area contributed by atoms with Crippen molar-refractivity contribution in [2.75, 3.05) is 31.2 Å². The Morgan fingerprint density at radius 3 is 3.06 bits per heavy atom. The Kier molecular flexibility index (Phi) is 4.55. The van der Waals surface area contributed by atoms with Gasteiger partial charge >= 0.3 is 0 Å². The molecular formula is C14H21FN2O. The molecule has 1 aliphatic rings. The summed E-state index contributed by atoms with van der Waals surface area (Å²) < 4.78 is 18.8. The maximum absolute atomic E-state index is 13.4. The molecule has 100 valence electrons. The number of benzene rings is 1. The van der Waals surface area contributed by atoms with Gasteiger partial charge in [-0.05, 0) is 37.2 Å². The Balaban J connectivity index is 2.24. The average molecular weight is 252 g/mol. The summed E-state index contributed by atoms with van der Waals surface area (Å²) in [5.41, 5.74) is 2.14. The first-order chi connectivity index (χ1) is 8.72. The Labute approximate surface area is 108 Å². The number of halogens is 1. The smallest absolute Gasteiger partial charge is 0.123 e. The third-order valence-corrected chi connectivity index (χ3v) is 3.28. The summed E-state index contributed by atoms with van der Waals surface area (Å²) in [5.74, 6) is -0.174. The van der Waals surface area contributed by atoms with Crippen molar-refractivity contribution in [1.82, 2.24) is 5.32 Å². The van der Waals surface area contributed by atoms with Crippen LogP contribution in [-0.2, 0) is 11.3 Å². The van der Waals surface area contributed by atoms with Crippen LogP contribution in [0.3, 0.4) is 0 Å². The summed E-state index contributed by atoms with van der Waals surface area (Å²) in [5, 5.41) is 3.26. The van der Waals surface area contributed by atoms with Gasteiger partial charge in [-0.25, -0.2) is 4.39 Å². The van der Waals surface area contributed by atoms with E-state index >= 15 is 0 Å². The van der Waals surface area contributed by atoms with Crippen LogP contribution in [-0.4, -0.2) is 32.3 Å². The van der Waals surface area contributed by atoms with E-state index in [9.17, 15) is 4.39 Å². The molecule has 4 heteroatoms. The lowest BCUT2D eigenvalue weighted by Gasteiger charge is -2.36. The van der Waals surface area contributed by atoms with E-state index in [0.717, 1.165) is 37.6 Å². The number of rotatable bonds is 4. The minimum absolute atomic E-state index is 0.174. The first kappa shape index (κ1) is 13.3. The predicted octanol–water partition coefficient (Wildman–Crippen LogP) is 2.16. The summed E-state index contributed by atoms with van der Waals surface area (Å²) in [6.07, 6.45) is 0. The zero-order valence-electron chi connectivity index (χ0n) is 11.1. The summed E-state index contributed by atoms with van der Waals surface area (Å²) >= 11 is 0.